The smallest absolute Gasteiger partial charge is 0.303 e. The molecule has 3 rings (SSSR count). The summed E-state index contributed by atoms with van der Waals surface area (Å²) in [6.07, 6.45) is -1.65. The summed E-state index contributed by atoms with van der Waals surface area (Å²) in [7, 11) is 7.26. The SMILES string of the molecule is COc1cc2c(c(OC)c1OC)-c1c(cc(O)c(OC)c1OC)[C@H](OC(C)=O)[C@H](C)[C@H](C)[C@H]2OC(C)=O. The van der Waals surface area contributed by atoms with Crippen LogP contribution in [0.1, 0.15) is 51.0 Å². The van der Waals surface area contributed by atoms with Crippen molar-refractivity contribution in [2.24, 2.45) is 11.8 Å². The zero-order chi connectivity index (χ0) is 27.6. The number of phenolic OH excluding ortho intramolecular Hbond substituents is 1. The molecule has 1 aliphatic rings. The molecule has 0 saturated heterocycles. The van der Waals surface area contributed by atoms with Gasteiger partial charge in [0.1, 0.15) is 12.2 Å². The summed E-state index contributed by atoms with van der Waals surface area (Å²) in [6.45, 7) is 6.41. The van der Waals surface area contributed by atoms with Gasteiger partial charge in [-0.3, -0.25) is 9.59 Å². The van der Waals surface area contributed by atoms with Crippen LogP contribution in [0, 0.1) is 11.8 Å². The van der Waals surface area contributed by atoms with Gasteiger partial charge >= 0.3 is 11.9 Å². The Bertz CT molecular complexity index is 1190. The van der Waals surface area contributed by atoms with Crippen molar-refractivity contribution in [2.45, 2.75) is 39.9 Å². The molecule has 37 heavy (non-hydrogen) atoms. The lowest BCUT2D eigenvalue weighted by molar-refractivity contribution is -0.158. The molecule has 0 heterocycles. The molecule has 202 valence electrons. The van der Waals surface area contributed by atoms with Gasteiger partial charge in [0, 0.05) is 47.9 Å². The maximum absolute atomic E-state index is 12.3. The molecule has 1 N–H and O–H groups in total. The van der Waals surface area contributed by atoms with Crippen LogP contribution in [0.2, 0.25) is 0 Å². The fraction of sp³-hybridized carbons (Fsp3) is 0.481. The molecule has 4 atom stereocenters. The predicted molar refractivity (Wildman–Crippen MR) is 134 cm³/mol. The number of phenols is 1. The Morgan fingerprint density at radius 1 is 0.649 bits per heavy atom. The van der Waals surface area contributed by atoms with Gasteiger partial charge in [-0.1, -0.05) is 13.8 Å². The van der Waals surface area contributed by atoms with Crippen LogP contribution in [0.3, 0.4) is 0 Å². The van der Waals surface area contributed by atoms with Gasteiger partial charge in [-0.15, -0.1) is 0 Å². The average molecular weight is 519 g/mol. The molecule has 10 heteroatoms. The summed E-state index contributed by atoms with van der Waals surface area (Å²) in [4.78, 5) is 24.6. The summed E-state index contributed by atoms with van der Waals surface area (Å²) in [6, 6.07) is 3.21. The van der Waals surface area contributed by atoms with Crippen molar-refractivity contribution in [3.8, 4) is 45.6 Å². The quantitative estimate of drug-likeness (QED) is 0.521. The number of carbonyl (C=O) groups is 2. The van der Waals surface area contributed by atoms with Crippen molar-refractivity contribution < 1.29 is 47.9 Å². The van der Waals surface area contributed by atoms with Gasteiger partial charge in [-0.2, -0.15) is 0 Å². The standard InChI is InChI=1S/C27H34O10/c1-12-13(2)23(37-15(4)29)17-11-19(31-5)25(33-7)27(35-9)21(17)20-16(22(12)36-14(3)28)10-18(30)24(32-6)26(20)34-8/h10-13,22-23,30H,1-9H3/t12-,13+,22-,23-/m1/s1. The van der Waals surface area contributed by atoms with Crippen LogP contribution in [-0.4, -0.2) is 52.6 Å². The Hall–Kier alpha value is -3.82. The molecule has 2 aromatic rings. The number of methoxy groups -OCH3 is 5. The van der Waals surface area contributed by atoms with Gasteiger partial charge in [0.2, 0.25) is 11.5 Å². The molecule has 0 amide bonds. The number of esters is 2. The van der Waals surface area contributed by atoms with Crippen LogP contribution < -0.4 is 23.7 Å². The predicted octanol–water partition coefficient (Wildman–Crippen LogP) is 4.60. The van der Waals surface area contributed by atoms with Crippen molar-refractivity contribution >= 4 is 11.9 Å². The number of hydrogen-bond acceptors (Lipinski definition) is 10. The summed E-state index contributed by atoms with van der Waals surface area (Å²) in [5.41, 5.74) is 1.88. The summed E-state index contributed by atoms with van der Waals surface area (Å²) < 4.78 is 40.1. The van der Waals surface area contributed by atoms with Crippen LogP contribution in [0.4, 0.5) is 0 Å². The fourth-order valence-electron chi connectivity index (χ4n) is 4.99. The minimum atomic E-state index is -0.850. The Balaban J connectivity index is 2.66. The first kappa shape index (κ1) is 27.8. The molecule has 0 bridgehead atoms. The van der Waals surface area contributed by atoms with Crippen LogP contribution in [0.5, 0.6) is 34.5 Å². The van der Waals surface area contributed by atoms with Gasteiger partial charge in [0.15, 0.2) is 23.0 Å². The van der Waals surface area contributed by atoms with E-state index < -0.39 is 24.1 Å². The first-order valence-electron chi connectivity index (χ1n) is 11.7. The van der Waals surface area contributed by atoms with Crippen molar-refractivity contribution in [1.29, 1.82) is 0 Å². The lowest BCUT2D eigenvalue weighted by Crippen LogP contribution is -2.30. The second kappa shape index (κ2) is 11.1. The molecule has 0 saturated carbocycles. The number of carbonyl (C=O) groups excluding carboxylic acids is 2. The van der Waals surface area contributed by atoms with E-state index in [0.717, 1.165) is 0 Å². The third-order valence-corrected chi connectivity index (χ3v) is 6.75. The lowest BCUT2D eigenvalue weighted by atomic mass is 9.74. The van der Waals surface area contributed by atoms with Crippen molar-refractivity contribution in [1.82, 2.24) is 0 Å². The Morgan fingerprint density at radius 2 is 1.05 bits per heavy atom. The van der Waals surface area contributed by atoms with Crippen LogP contribution in [0.25, 0.3) is 11.1 Å². The highest BCUT2D eigenvalue weighted by molar-refractivity contribution is 5.89. The number of ether oxygens (including phenoxy) is 7. The topological polar surface area (TPSA) is 119 Å². The maximum Gasteiger partial charge on any atom is 0.303 e. The number of aromatic hydroxyl groups is 1. The van der Waals surface area contributed by atoms with Gasteiger partial charge in [0.05, 0.1) is 35.5 Å². The molecule has 10 nitrogen and oxygen atoms in total. The average Bonchev–Trinajstić information content (AvgIpc) is 2.86. The largest absolute Gasteiger partial charge is 0.504 e. The summed E-state index contributed by atoms with van der Waals surface area (Å²) in [5, 5.41) is 10.9. The van der Waals surface area contributed by atoms with E-state index in [1.54, 1.807) is 6.07 Å². The van der Waals surface area contributed by atoms with Gasteiger partial charge in [0.25, 0.3) is 0 Å². The van der Waals surface area contributed by atoms with Crippen LogP contribution in [-0.2, 0) is 19.1 Å². The normalized spacial score (nSPS) is 20.4. The highest BCUT2D eigenvalue weighted by atomic mass is 16.6. The van der Waals surface area contributed by atoms with E-state index in [4.69, 9.17) is 33.2 Å². The molecule has 0 radical (unpaired) electrons. The Morgan fingerprint density at radius 3 is 1.43 bits per heavy atom. The molecule has 2 aromatic carbocycles. The first-order valence-corrected chi connectivity index (χ1v) is 11.7. The van der Waals surface area contributed by atoms with E-state index in [0.29, 0.717) is 28.0 Å². The number of hydrogen-bond donors (Lipinski definition) is 1. The number of rotatable bonds is 7. The fourth-order valence-corrected chi connectivity index (χ4v) is 4.99. The van der Waals surface area contributed by atoms with E-state index in [-0.39, 0.29) is 40.6 Å². The van der Waals surface area contributed by atoms with Gasteiger partial charge in [-0.25, -0.2) is 0 Å². The Kier molecular flexibility index (Phi) is 8.30. The van der Waals surface area contributed by atoms with Crippen LogP contribution in [0.15, 0.2) is 12.1 Å². The van der Waals surface area contributed by atoms with E-state index in [1.165, 1.54) is 55.5 Å². The van der Waals surface area contributed by atoms with Crippen LogP contribution >= 0.6 is 0 Å². The minimum Gasteiger partial charge on any atom is -0.504 e. The van der Waals surface area contributed by atoms with Crippen molar-refractivity contribution in [3.63, 3.8) is 0 Å². The zero-order valence-electron chi connectivity index (χ0n) is 22.6. The molecule has 0 aromatic heterocycles. The first-order chi connectivity index (χ1) is 17.6. The zero-order valence-corrected chi connectivity index (χ0v) is 22.6. The third-order valence-electron chi connectivity index (χ3n) is 6.75. The van der Waals surface area contributed by atoms with E-state index in [2.05, 4.69) is 0 Å². The van der Waals surface area contributed by atoms with Gasteiger partial charge in [-0.05, 0) is 12.1 Å². The second-order valence-corrected chi connectivity index (χ2v) is 8.81. The number of benzene rings is 2. The molecule has 0 fully saturated rings. The van der Waals surface area contributed by atoms with Gasteiger partial charge < -0.3 is 38.3 Å². The molecule has 0 aliphatic heterocycles. The molecule has 1 aliphatic carbocycles. The van der Waals surface area contributed by atoms with E-state index in [1.807, 2.05) is 13.8 Å². The Labute approximate surface area is 216 Å². The monoisotopic (exact) mass is 518 g/mol. The van der Waals surface area contributed by atoms with Crippen molar-refractivity contribution in [3.05, 3.63) is 23.3 Å². The molecule has 0 unspecified atom stereocenters. The summed E-state index contributed by atoms with van der Waals surface area (Å²) in [5.74, 6) is -0.806. The van der Waals surface area contributed by atoms with E-state index in [9.17, 15) is 14.7 Å². The van der Waals surface area contributed by atoms with E-state index >= 15 is 0 Å². The molecule has 0 spiro atoms. The maximum atomic E-state index is 12.3. The molecular weight excluding hydrogens is 484 g/mol. The number of fused-ring (bicyclic) bond motifs is 3. The highest BCUT2D eigenvalue weighted by Gasteiger charge is 2.43. The van der Waals surface area contributed by atoms with Crippen molar-refractivity contribution in [2.75, 3.05) is 35.5 Å². The molecular formula is C27H34O10. The lowest BCUT2D eigenvalue weighted by Gasteiger charge is -2.38. The second-order valence-electron chi connectivity index (χ2n) is 8.81. The minimum absolute atomic E-state index is 0.0657. The highest BCUT2D eigenvalue weighted by Crippen LogP contribution is 2.59. The summed E-state index contributed by atoms with van der Waals surface area (Å²) >= 11 is 0. The third kappa shape index (κ3) is 4.80.